The second-order valence-electron chi connectivity index (χ2n) is 9.18. The lowest BCUT2D eigenvalue weighted by atomic mass is 10.1. The number of pyridine rings is 2. The molecule has 0 saturated carbocycles. The third-order valence-electron chi connectivity index (χ3n) is 6.04. The van der Waals surface area contributed by atoms with E-state index in [1.54, 1.807) is 29.3 Å². The quantitative estimate of drug-likeness (QED) is 0.233. The van der Waals surface area contributed by atoms with Gasteiger partial charge >= 0.3 is 6.03 Å². The van der Waals surface area contributed by atoms with Crippen LogP contribution in [-0.4, -0.2) is 38.7 Å². The molecule has 0 bridgehead atoms. The smallest absolute Gasteiger partial charge is 0.323 e. The van der Waals surface area contributed by atoms with Crippen molar-refractivity contribution in [2.75, 3.05) is 17.7 Å². The molecule has 0 atom stereocenters. The molecule has 0 aliphatic heterocycles. The Kier molecular flexibility index (Phi) is 7.36. The molecule has 5 rings (SSSR count). The molecule has 0 unspecified atom stereocenters. The lowest BCUT2D eigenvalue weighted by Gasteiger charge is -2.11. The SMILES string of the molecule is CNC(=O)c1cc(Oc2ccc(NC(=O)Nc3cn(C(C)C)nc3-c3ccc4cnccc4c3)c(F)c2)ccn1. The van der Waals surface area contributed by atoms with Crippen LogP contribution in [0.25, 0.3) is 22.0 Å². The maximum Gasteiger partial charge on any atom is 0.323 e. The molecule has 2 aromatic carbocycles. The highest BCUT2D eigenvalue weighted by Gasteiger charge is 2.17. The van der Waals surface area contributed by atoms with Crippen LogP contribution in [0.5, 0.6) is 11.5 Å². The van der Waals surface area contributed by atoms with Crippen molar-refractivity contribution in [1.29, 1.82) is 0 Å². The summed E-state index contributed by atoms with van der Waals surface area (Å²) in [5, 5.41) is 14.5. The van der Waals surface area contributed by atoms with Gasteiger partial charge in [0.05, 0.1) is 11.4 Å². The van der Waals surface area contributed by atoms with E-state index >= 15 is 0 Å². The molecule has 202 valence electrons. The number of benzene rings is 2. The first-order valence-electron chi connectivity index (χ1n) is 12.5. The van der Waals surface area contributed by atoms with Gasteiger partial charge in [0.2, 0.25) is 0 Å². The fourth-order valence-corrected chi connectivity index (χ4v) is 3.99. The first-order chi connectivity index (χ1) is 19.3. The Morgan fingerprint density at radius 2 is 1.73 bits per heavy atom. The van der Waals surface area contributed by atoms with Gasteiger partial charge in [0.15, 0.2) is 0 Å². The third kappa shape index (κ3) is 5.73. The summed E-state index contributed by atoms with van der Waals surface area (Å²) < 4.78 is 22.3. The Morgan fingerprint density at radius 3 is 2.50 bits per heavy atom. The van der Waals surface area contributed by atoms with E-state index in [0.29, 0.717) is 17.1 Å². The number of nitrogens with one attached hydrogen (secondary N) is 3. The molecule has 3 N–H and O–H groups in total. The molecule has 0 fully saturated rings. The van der Waals surface area contributed by atoms with Crippen molar-refractivity contribution in [3.05, 3.63) is 90.9 Å². The molecule has 3 aromatic heterocycles. The number of urea groups is 1. The lowest BCUT2D eigenvalue weighted by molar-refractivity contribution is 0.0957. The van der Waals surface area contributed by atoms with E-state index in [-0.39, 0.29) is 29.1 Å². The number of halogens is 1. The van der Waals surface area contributed by atoms with E-state index in [4.69, 9.17) is 4.74 Å². The van der Waals surface area contributed by atoms with Crippen LogP contribution < -0.4 is 20.7 Å². The molecule has 3 heterocycles. The lowest BCUT2D eigenvalue weighted by Crippen LogP contribution is -2.20. The summed E-state index contributed by atoms with van der Waals surface area (Å²) in [6, 6.07) is 14.2. The zero-order valence-electron chi connectivity index (χ0n) is 22.0. The fourth-order valence-electron chi connectivity index (χ4n) is 3.99. The van der Waals surface area contributed by atoms with Gasteiger partial charge in [0.25, 0.3) is 5.91 Å². The molecule has 0 aliphatic rings. The molecular weight excluding hydrogens is 513 g/mol. The van der Waals surface area contributed by atoms with Gasteiger partial charge in [-0.1, -0.05) is 12.1 Å². The molecule has 0 aliphatic carbocycles. The summed E-state index contributed by atoms with van der Waals surface area (Å²) in [6.45, 7) is 3.97. The number of carbonyl (C=O) groups is 2. The summed E-state index contributed by atoms with van der Waals surface area (Å²) in [4.78, 5) is 32.8. The Labute approximate surface area is 229 Å². The Hall–Kier alpha value is -5.32. The average Bonchev–Trinajstić information content (AvgIpc) is 3.38. The van der Waals surface area contributed by atoms with Gasteiger partial charge < -0.3 is 20.7 Å². The number of rotatable bonds is 7. The Balaban J connectivity index is 1.33. The predicted octanol–water partition coefficient (Wildman–Crippen LogP) is 6.01. The number of ether oxygens (including phenoxy) is 1. The van der Waals surface area contributed by atoms with E-state index in [2.05, 4.69) is 31.0 Å². The summed E-state index contributed by atoms with van der Waals surface area (Å²) in [6.07, 6.45) is 6.66. The number of carbonyl (C=O) groups excluding carboxylic acids is 2. The summed E-state index contributed by atoms with van der Waals surface area (Å²) >= 11 is 0. The van der Waals surface area contributed by atoms with Crippen molar-refractivity contribution < 1.29 is 18.7 Å². The molecular formula is C29H26FN7O3. The van der Waals surface area contributed by atoms with Gasteiger partial charge in [-0.05, 0) is 49.6 Å². The van der Waals surface area contributed by atoms with E-state index < -0.39 is 11.8 Å². The van der Waals surface area contributed by atoms with Crippen molar-refractivity contribution in [3.8, 4) is 22.8 Å². The van der Waals surface area contributed by atoms with Crippen LogP contribution in [0.4, 0.5) is 20.6 Å². The van der Waals surface area contributed by atoms with E-state index in [9.17, 15) is 14.0 Å². The largest absolute Gasteiger partial charge is 0.457 e. The monoisotopic (exact) mass is 539 g/mol. The molecule has 10 nitrogen and oxygen atoms in total. The zero-order valence-corrected chi connectivity index (χ0v) is 22.0. The first kappa shape index (κ1) is 26.3. The molecule has 0 radical (unpaired) electrons. The third-order valence-corrected chi connectivity index (χ3v) is 6.04. The van der Waals surface area contributed by atoms with Crippen LogP contribution in [0.2, 0.25) is 0 Å². The maximum atomic E-state index is 14.9. The highest BCUT2D eigenvalue weighted by atomic mass is 19.1. The van der Waals surface area contributed by atoms with Crippen molar-refractivity contribution in [2.24, 2.45) is 0 Å². The maximum absolute atomic E-state index is 14.9. The normalized spacial score (nSPS) is 10.9. The molecule has 0 spiro atoms. The minimum absolute atomic E-state index is 0.0402. The first-order valence-corrected chi connectivity index (χ1v) is 12.5. The number of hydrogen-bond acceptors (Lipinski definition) is 6. The van der Waals surface area contributed by atoms with Gasteiger partial charge in [-0.3, -0.25) is 19.4 Å². The van der Waals surface area contributed by atoms with Crippen molar-refractivity contribution in [2.45, 2.75) is 19.9 Å². The molecule has 0 saturated heterocycles. The molecule has 40 heavy (non-hydrogen) atoms. The van der Waals surface area contributed by atoms with Crippen LogP contribution in [0.15, 0.2) is 79.4 Å². The summed E-state index contributed by atoms with van der Waals surface area (Å²) in [5.41, 5.74) is 2.00. The minimum Gasteiger partial charge on any atom is -0.457 e. The van der Waals surface area contributed by atoms with Gasteiger partial charge in [-0.2, -0.15) is 5.10 Å². The van der Waals surface area contributed by atoms with E-state index in [1.165, 1.54) is 31.4 Å². The van der Waals surface area contributed by atoms with Crippen LogP contribution >= 0.6 is 0 Å². The number of hydrogen-bond donors (Lipinski definition) is 3. The summed E-state index contributed by atoms with van der Waals surface area (Å²) in [7, 11) is 1.49. The average molecular weight is 540 g/mol. The van der Waals surface area contributed by atoms with Crippen LogP contribution in [-0.2, 0) is 0 Å². The zero-order chi connectivity index (χ0) is 28.2. The van der Waals surface area contributed by atoms with Crippen molar-refractivity contribution in [3.63, 3.8) is 0 Å². The van der Waals surface area contributed by atoms with Crippen LogP contribution in [0.1, 0.15) is 30.4 Å². The second-order valence-corrected chi connectivity index (χ2v) is 9.18. The Bertz CT molecular complexity index is 1720. The molecule has 5 aromatic rings. The van der Waals surface area contributed by atoms with Gasteiger partial charge in [0.1, 0.15) is 28.7 Å². The second kappa shape index (κ2) is 11.2. The number of fused-ring (bicyclic) bond motifs is 1. The van der Waals surface area contributed by atoms with Gasteiger partial charge in [-0.15, -0.1) is 0 Å². The van der Waals surface area contributed by atoms with E-state index in [0.717, 1.165) is 22.4 Å². The standard InChI is InChI=1S/C29H26FN7O3/c1-17(2)37-16-26(27(36-37)19-4-5-20-15-32-10-8-18(20)12-19)35-29(39)34-24-7-6-21(13-23(24)30)40-22-9-11-33-25(14-22)28(38)31-3/h4-17H,1-3H3,(H,31,38)(H2,34,35,39). The van der Waals surface area contributed by atoms with E-state index in [1.807, 2.05) is 38.1 Å². The number of nitrogens with zero attached hydrogens (tertiary/aromatic N) is 4. The highest BCUT2D eigenvalue weighted by Crippen LogP contribution is 2.31. The summed E-state index contributed by atoms with van der Waals surface area (Å²) in [5.74, 6) is -0.577. The number of anilines is 2. The minimum atomic E-state index is -0.700. The van der Waals surface area contributed by atoms with Crippen LogP contribution in [0.3, 0.4) is 0 Å². The predicted molar refractivity (Wildman–Crippen MR) is 150 cm³/mol. The van der Waals surface area contributed by atoms with Gasteiger partial charge in [0, 0.05) is 61.0 Å². The topological polar surface area (TPSA) is 123 Å². The fraction of sp³-hybridized carbons (Fsp3) is 0.138. The number of amides is 3. The highest BCUT2D eigenvalue weighted by molar-refractivity contribution is 6.02. The number of aromatic nitrogens is 4. The molecule has 3 amide bonds. The van der Waals surface area contributed by atoms with Crippen LogP contribution in [0, 0.1) is 5.82 Å². The Morgan fingerprint density at radius 1 is 0.925 bits per heavy atom. The van der Waals surface area contributed by atoms with Crippen molar-refractivity contribution in [1.82, 2.24) is 25.1 Å². The van der Waals surface area contributed by atoms with Crippen molar-refractivity contribution >= 4 is 34.1 Å². The molecule has 11 heteroatoms. The van der Waals surface area contributed by atoms with Gasteiger partial charge in [-0.25, -0.2) is 9.18 Å².